The van der Waals surface area contributed by atoms with Gasteiger partial charge in [-0.1, -0.05) is 44.7 Å². The molecule has 0 spiro atoms. The highest BCUT2D eigenvalue weighted by molar-refractivity contribution is 5.89. The van der Waals surface area contributed by atoms with Gasteiger partial charge in [-0.3, -0.25) is 0 Å². The number of aliphatic hydroxyl groups excluding tert-OH is 3. The minimum Gasteiger partial charge on any atom is -0.459 e. The molecule has 0 unspecified atom stereocenters. The number of ether oxygens (including phenoxy) is 1. The Morgan fingerprint density at radius 3 is 2.66 bits per heavy atom. The largest absolute Gasteiger partial charge is 0.459 e. The first kappa shape index (κ1) is 26.4. The molecule has 0 aromatic rings. The van der Waals surface area contributed by atoms with E-state index in [1.165, 1.54) is 31.3 Å². The SMILES string of the molecule is C=C1C[C@H](C[C@@H](C)[C@H]2CC[C@H]3/C(=C/C=C4/C[C@@H](O)[C@H](CCCO)[C@H](O)C4=C)CCC[C@]23C)OC1=O. The number of cyclic esters (lactones) is 1. The lowest BCUT2D eigenvalue weighted by atomic mass is 9.60. The number of esters is 1. The van der Waals surface area contributed by atoms with Gasteiger partial charge in [0, 0.05) is 24.5 Å². The van der Waals surface area contributed by atoms with E-state index in [4.69, 9.17) is 9.84 Å². The zero-order valence-electron chi connectivity index (χ0n) is 21.5. The minimum atomic E-state index is -0.760. The van der Waals surface area contributed by atoms with Crippen molar-refractivity contribution in [2.75, 3.05) is 6.61 Å². The first-order valence-corrected chi connectivity index (χ1v) is 13.6. The second-order valence-electron chi connectivity index (χ2n) is 11.8. The van der Waals surface area contributed by atoms with Gasteiger partial charge in [-0.2, -0.15) is 0 Å². The lowest BCUT2D eigenvalue weighted by Crippen LogP contribution is -2.38. The number of carbonyl (C=O) groups excluding carboxylic acids is 1. The molecule has 35 heavy (non-hydrogen) atoms. The van der Waals surface area contributed by atoms with Crippen LogP contribution in [0.15, 0.2) is 47.6 Å². The van der Waals surface area contributed by atoms with Crippen molar-refractivity contribution in [3.05, 3.63) is 47.6 Å². The average molecular weight is 485 g/mol. The number of hydrogen-bond acceptors (Lipinski definition) is 5. The molecular formula is C30H44O5. The second kappa shape index (κ2) is 10.7. The molecule has 5 nitrogen and oxygen atoms in total. The molecule has 1 heterocycles. The van der Waals surface area contributed by atoms with Crippen molar-refractivity contribution in [3.8, 4) is 0 Å². The molecule has 4 aliphatic rings. The Hall–Kier alpha value is -1.69. The molecular weight excluding hydrogens is 440 g/mol. The summed E-state index contributed by atoms with van der Waals surface area (Å²) in [5, 5.41) is 30.5. The highest BCUT2D eigenvalue weighted by atomic mass is 16.5. The lowest BCUT2D eigenvalue weighted by molar-refractivity contribution is -0.139. The van der Waals surface area contributed by atoms with E-state index < -0.39 is 12.2 Å². The first-order valence-electron chi connectivity index (χ1n) is 13.6. The Morgan fingerprint density at radius 1 is 1.20 bits per heavy atom. The Kier molecular flexibility index (Phi) is 8.09. The monoisotopic (exact) mass is 484 g/mol. The lowest BCUT2D eigenvalue weighted by Gasteiger charge is -2.44. The molecule has 4 rings (SSSR count). The molecule has 4 fully saturated rings. The van der Waals surface area contributed by atoms with Gasteiger partial charge >= 0.3 is 5.97 Å². The summed E-state index contributed by atoms with van der Waals surface area (Å²) in [5.41, 5.74) is 3.99. The maximum Gasteiger partial charge on any atom is 0.333 e. The van der Waals surface area contributed by atoms with Gasteiger partial charge in [0.1, 0.15) is 6.10 Å². The van der Waals surface area contributed by atoms with Crippen molar-refractivity contribution >= 4 is 5.97 Å². The fraction of sp³-hybridized carbons (Fsp3) is 0.700. The highest BCUT2D eigenvalue weighted by Gasteiger charge is 2.51. The molecule has 0 radical (unpaired) electrons. The van der Waals surface area contributed by atoms with Gasteiger partial charge in [-0.25, -0.2) is 4.79 Å². The zero-order chi connectivity index (χ0) is 25.3. The molecule has 1 aliphatic heterocycles. The van der Waals surface area contributed by atoms with E-state index >= 15 is 0 Å². The predicted molar refractivity (Wildman–Crippen MR) is 137 cm³/mol. The van der Waals surface area contributed by atoms with Crippen LogP contribution in [0, 0.1) is 29.1 Å². The summed E-state index contributed by atoms with van der Waals surface area (Å²) in [4.78, 5) is 11.8. The van der Waals surface area contributed by atoms with E-state index in [2.05, 4.69) is 39.2 Å². The van der Waals surface area contributed by atoms with E-state index in [9.17, 15) is 15.0 Å². The van der Waals surface area contributed by atoms with Crippen molar-refractivity contribution in [1.29, 1.82) is 0 Å². The van der Waals surface area contributed by atoms with Crippen LogP contribution in [-0.4, -0.2) is 46.2 Å². The topological polar surface area (TPSA) is 87.0 Å². The molecule has 0 aromatic heterocycles. The van der Waals surface area contributed by atoms with E-state index in [1.807, 2.05) is 0 Å². The van der Waals surface area contributed by atoms with Crippen molar-refractivity contribution in [1.82, 2.24) is 0 Å². The van der Waals surface area contributed by atoms with Crippen molar-refractivity contribution in [2.24, 2.45) is 29.1 Å². The third-order valence-corrected chi connectivity index (χ3v) is 9.69. The van der Waals surface area contributed by atoms with Crippen LogP contribution in [0.4, 0.5) is 0 Å². The summed E-state index contributed by atoms with van der Waals surface area (Å²) in [6.45, 7) is 12.8. The minimum absolute atomic E-state index is 0.0210. The number of hydrogen-bond donors (Lipinski definition) is 3. The van der Waals surface area contributed by atoms with Gasteiger partial charge in [0.05, 0.1) is 12.2 Å². The smallest absolute Gasteiger partial charge is 0.333 e. The van der Waals surface area contributed by atoms with Crippen LogP contribution >= 0.6 is 0 Å². The van der Waals surface area contributed by atoms with Crippen molar-refractivity contribution < 1.29 is 24.9 Å². The summed E-state index contributed by atoms with van der Waals surface area (Å²) >= 11 is 0. The summed E-state index contributed by atoms with van der Waals surface area (Å²) in [5.74, 6) is 1.16. The Morgan fingerprint density at radius 2 is 1.97 bits per heavy atom. The molecule has 3 aliphatic carbocycles. The van der Waals surface area contributed by atoms with E-state index in [-0.39, 0.29) is 30.0 Å². The maximum atomic E-state index is 11.8. The molecule has 8 atom stereocenters. The second-order valence-corrected chi connectivity index (χ2v) is 11.8. The highest BCUT2D eigenvalue weighted by Crippen LogP contribution is 2.60. The van der Waals surface area contributed by atoms with E-state index in [0.29, 0.717) is 54.6 Å². The van der Waals surface area contributed by atoms with Gasteiger partial charge in [0.25, 0.3) is 0 Å². The normalized spacial score (nSPS) is 40.9. The van der Waals surface area contributed by atoms with Crippen LogP contribution in [0.5, 0.6) is 0 Å². The van der Waals surface area contributed by atoms with Gasteiger partial charge in [-0.15, -0.1) is 0 Å². The molecule has 3 N–H and O–H groups in total. The van der Waals surface area contributed by atoms with Crippen LogP contribution < -0.4 is 0 Å². The summed E-state index contributed by atoms with van der Waals surface area (Å²) in [7, 11) is 0. The Bertz CT molecular complexity index is 884. The third kappa shape index (κ3) is 5.23. The van der Waals surface area contributed by atoms with Crippen LogP contribution in [0.3, 0.4) is 0 Å². The third-order valence-electron chi connectivity index (χ3n) is 9.69. The number of rotatable bonds is 7. The van der Waals surface area contributed by atoms with Gasteiger partial charge < -0.3 is 20.1 Å². The van der Waals surface area contributed by atoms with Gasteiger partial charge in [-0.05, 0) is 92.1 Å². The first-order chi connectivity index (χ1) is 16.7. The number of allylic oxidation sites excluding steroid dienone is 3. The van der Waals surface area contributed by atoms with Crippen LogP contribution in [0.25, 0.3) is 0 Å². The Labute approximate surface area is 210 Å². The predicted octanol–water partition coefficient (Wildman–Crippen LogP) is 5.02. The fourth-order valence-electron chi connectivity index (χ4n) is 7.79. The standard InChI is InChI=1S/C30H44O5/c1-18(15-23-16-19(2)29(34)35-23)25-11-12-26-21(7-5-13-30(25,26)4)9-10-22-17-27(32)24(8-6-14-31)28(33)20(22)3/h9-10,18,23-28,31-33H,2-3,5-8,11-17H2,1,4H3/b21-9+,22-10-/t18-,23+,24+,25-,26+,27-,28-,30-/m1/s1. The number of aliphatic hydroxyl groups is 3. The molecule has 1 saturated heterocycles. The van der Waals surface area contributed by atoms with Crippen LogP contribution in [0.1, 0.15) is 78.1 Å². The molecule has 0 bridgehead atoms. The Balaban J connectivity index is 1.45. The van der Waals surface area contributed by atoms with Crippen molar-refractivity contribution in [2.45, 2.75) is 96.4 Å². The van der Waals surface area contributed by atoms with Gasteiger partial charge in [0.2, 0.25) is 0 Å². The molecule has 5 heteroatoms. The van der Waals surface area contributed by atoms with E-state index in [1.54, 1.807) is 0 Å². The molecule has 194 valence electrons. The maximum absolute atomic E-state index is 11.8. The van der Waals surface area contributed by atoms with Crippen molar-refractivity contribution in [3.63, 3.8) is 0 Å². The van der Waals surface area contributed by atoms with Gasteiger partial charge in [0.15, 0.2) is 0 Å². The number of carbonyl (C=O) groups is 1. The fourth-order valence-corrected chi connectivity index (χ4v) is 7.79. The number of fused-ring (bicyclic) bond motifs is 1. The molecule has 0 aromatic carbocycles. The quantitative estimate of drug-likeness (QED) is 0.349. The summed E-state index contributed by atoms with van der Waals surface area (Å²) < 4.78 is 5.54. The zero-order valence-corrected chi connectivity index (χ0v) is 21.5. The average Bonchev–Trinajstić information content (AvgIpc) is 3.33. The van der Waals surface area contributed by atoms with Crippen LogP contribution in [0.2, 0.25) is 0 Å². The summed E-state index contributed by atoms with van der Waals surface area (Å²) in [6.07, 6.45) is 12.1. The molecule has 0 amide bonds. The van der Waals surface area contributed by atoms with Crippen LogP contribution in [-0.2, 0) is 9.53 Å². The molecule has 3 saturated carbocycles. The summed E-state index contributed by atoms with van der Waals surface area (Å²) in [6, 6.07) is 0. The van der Waals surface area contributed by atoms with E-state index in [0.717, 1.165) is 18.4 Å².